The molecular weight excluding hydrogens is 302 g/mol. The maximum absolute atomic E-state index is 4.56. The Labute approximate surface area is 144 Å². The minimum Gasteiger partial charge on any atom is -0.357 e. The number of unbranched alkanes of at least 4 members (excludes halogenated alkanes) is 2. The van der Waals surface area contributed by atoms with Gasteiger partial charge in [0.05, 0.1) is 6.20 Å². The molecule has 0 aromatic carbocycles. The van der Waals surface area contributed by atoms with Crippen molar-refractivity contribution < 1.29 is 0 Å². The van der Waals surface area contributed by atoms with Crippen LogP contribution in [0.15, 0.2) is 6.20 Å². The normalized spacial score (nSPS) is 16.8. The van der Waals surface area contributed by atoms with E-state index in [9.17, 15) is 0 Å². The van der Waals surface area contributed by atoms with Crippen molar-refractivity contribution in [2.45, 2.75) is 32.6 Å². The van der Waals surface area contributed by atoms with Gasteiger partial charge in [-0.25, -0.2) is 4.98 Å². The van der Waals surface area contributed by atoms with E-state index in [1.54, 1.807) is 4.52 Å². The van der Waals surface area contributed by atoms with Crippen molar-refractivity contribution in [3.05, 3.63) is 17.6 Å². The summed E-state index contributed by atoms with van der Waals surface area (Å²) in [5.74, 6) is 1.53. The minimum atomic E-state index is 0.749. The molecule has 24 heavy (non-hydrogen) atoms. The van der Waals surface area contributed by atoms with E-state index in [4.69, 9.17) is 0 Å². The lowest BCUT2D eigenvalue weighted by Gasteiger charge is -2.32. The van der Waals surface area contributed by atoms with E-state index in [1.165, 1.54) is 57.5 Å². The van der Waals surface area contributed by atoms with Crippen LogP contribution in [0.2, 0.25) is 0 Å². The van der Waals surface area contributed by atoms with Crippen LogP contribution in [0.5, 0.6) is 0 Å². The zero-order chi connectivity index (χ0) is 16.9. The number of hydrogen-bond acceptors (Lipinski definition) is 6. The molecule has 3 heterocycles. The van der Waals surface area contributed by atoms with Gasteiger partial charge in [0.15, 0.2) is 5.65 Å². The summed E-state index contributed by atoms with van der Waals surface area (Å²) in [6.07, 6.45) is 6.69. The second-order valence-electron chi connectivity index (χ2n) is 6.71. The third-order valence-electron chi connectivity index (χ3n) is 4.79. The molecule has 7 nitrogen and oxygen atoms in total. The first-order valence-corrected chi connectivity index (χ1v) is 8.97. The molecular formula is C17H29N7. The zero-order valence-corrected chi connectivity index (χ0v) is 15.1. The van der Waals surface area contributed by atoms with E-state index in [1.807, 2.05) is 20.2 Å². The predicted molar refractivity (Wildman–Crippen MR) is 96.6 cm³/mol. The third kappa shape index (κ3) is 4.02. The number of rotatable bonds is 7. The summed E-state index contributed by atoms with van der Waals surface area (Å²) in [6.45, 7) is 7.99. The molecule has 132 valence electrons. The van der Waals surface area contributed by atoms with Gasteiger partial charge >= 0.3 is 0 Å². The van der Waals surface area contributed by atoms with E-state index in [0.29, 0.717) is 0 Å². The number of nitrogens with one attached hydrogen (secondary N) is 1. The number of aryl methyl sites for hydroxylation is 2. The second-order valence-corrected chi connectivity index (χ2v) is 6.71. The molecule has 3 rings (SSSR count). The number of hydrogen-bond donors (Lipinski definition) is 1. The lowest BCUT2D eigenvalue weighted by atomic mass is 10.1. The Morgan fingerprint density at radius 3 is 2.62 bits per heavy atom. The molecule has 0 unspecified atom stereocenters. The number of likely N-dealkylation sites (N-methyl/N-ethyl adjacent to an activating group) is 1. The second kappa shape index (κ2) is 7.90. The van der Waals surface area contributed by atoms with Crippen molar-refractivity contribution >= 4 is 11.6 Å². The third-order valence-corrected chi connectivity index (χ3v) is 4.79. The van der Waals surface area contributed by atoms with Crippen LogP contribution in [0.3, 0.4) is 0 Å². The van der Waals surface area contributed by atoms with E-state index >= 15 is 0 Å². The summed E-state index contributed by atoms with van der Waals surface area (Å²) in [7, 11) is 4.07. The Kier molecular flexibility index (Phi) is 5.63. The highest BCUT2D eigenvalue weighted by atomic mass is 15.3. The fourth-order valence-corrected chi connectivity index (χ4v) is 3.27. The molecule has 1 saturated heterocycles. The summed E-state index contributed by atoms with van der Waals surface area (Å²) < 4.78 is 1.80. The lowest BCUT2D eigenvalue weighted by Crippen LogP contribution is -2.44. The molecule has 0 saturated carbocycles. The van der Waals surface area contributed by atoms with Crippen molar-refractivity contribution in [1.29, 1.82) is 0 Å². The summed E-state index contributed by atoms with van der Waals surface area (Å²) >= 11 is 0. The van der Waals surface area contributed by atoms with Gasteiger partial charge in [-0.2, -0.15) is 14.6 Å². The highest BCUT2D eigenvalue weighted by Gasteiger charge is 2.13. The quantitative estimate of drug-likeness (QED) is 0.775. The summed E-state index contributed by atoms with van der Waals surface area (Å²) in [5, 5.41) is 7.51. The molecule has 0 atom stereocenters. The van der Waals surface area contributed by atoms with Gasteiger partial charge in [0, 0.05) is 38.8 Å². The largest absolute Gasteiger partial charge is 0.357 e. The first kappa shape index (κ1) is 17.1. The molecule has 7 heteroatoms. The maximum Gasteiger partial charge on any atom is 0.227 e. The number of nitrogens with zero attached hydrogens (tertiary/aromatic N) is 6. The Balaban J connectivity index is 1.47. The summed E-state index contributed by atoms with van der Waals surface area (Å²) in [4.78, 5) is 13.9. The molecule has 2 aromatic rings. The first-order valence-electron chi connectivity index (χ1n) is 8.97. The highest BCUT2D eigenvalue weighted by molar-refractivity contribution is 5.50. The first-order chi connectivity index (χ1) is 11.7. The molecule has 0 radical (unpaired) electrons. The van der Waals surface area contributed by atoms with Gasteiger partial charge in [-0.15, -0.1) is 0 Å². The van der Waals surface area contributed by atoms with E-state index < -0.39 is 0 Å². The van der Waals surface area contributed by atoms with Crippen LogP contribution in [0.4, 0.5) is 5.95 Å². The summed E-state index contributed by atoms with van der Waals surface area (Å²) in [6, 6.07) is 0. The topological polar surface area (TPSA) is 61.6 Å². The molecule has 0 bridgehead atoms. The number of fused-ring (bicyclic) bond motifs is 1. The van der Waals surface area contributed by atoms with Crippen molar-refractivity contribution in [3.63, 3.8) is 0 Å². The van der Waals surface area contributed by atoms with Gasteiger partial charge in [0.25, 0.3) is 0 Å². The van der Waals surface area contributed by atoms with Gasteiger partial charge in [-0.05, 0) is 39.8 Å². The SMILES string of the molecule is CNc1nc(C)nc2c(CCCCCN3CCN(C)CC3)cnn12. The zero-order valence-electron chi connectivity index (χ0n) is 15.1. The van der Waals surface area contributed by atoms with Gasteiger partial charge in [0.2, 0.25) is 5.95 Å². The molecule has 2 aromatic heterocycles. The summed E-state index contributed by atoms with van der Waals surface area (Å²) in [5.41, 5.74) is 2.16. The van der Waals surface area contributed by atoms with Gasteiger partial charge in [-0.3, -0.25) is 0 Å². The predicted octanol–water partition coefficient (Wildman–Crippen LogP) is 1.43. The van der Waals surface area contributed by atoms with Crippen molar-refractivity contribution in [2.24, 2.45) is 0 Å². The average Bonchev–Trinajstić information content (AvgIpc) is 2.98. The van der Waals surface area contributed by atoms with Crippen LogP contribution >= 0.6 is 0 Å². The maximum atomic E-state index is 4.56. The van der Waals surface area contributed by atoms with Crippen LogP contribution in [-0.4, -0.2) is 76.2 Å². The van der Waals surface area contributed by atoms with Gasteiger partial charge in [0.1, 0.15) is 5.82 Å². The average molecular weight is 331 g/mol. The van der Waals surface area contributed by atoms with E-state index in [0.717, 1.165) is 23.8 Å². The van der Waals surface area contributed by atoms with Crippen molar-refractivity contribution in [3.8, 4) is 0 Å². The lowest BCUT2D eigenvalue weighted by molar-refractivity contribution is 0.152. The molecule has 1 aliphatic heterocycles. The fraction of sp³-hybridized carbons (Fsp3) is 0.706. The highest BCUT2D eigenvalue weighted by Crippen LogP contribution is 2.15. The van der Waals surface area contributed by atoms with E-state index in [-0.39, 0.29) is 0 Å². The minimum absolute atomic E-state index is 0.749. The standard InChI is InChI=1S/C17H29N7/c1-14-20-16-15(13-19-24(16)17(18-2)21-14)7-5-4-6-8-23-11-9-22(3)10-12-23/h13H,4-12H2,1-3H3,(H,18,20,21). The Morgan fingerprint density at radius 1 is 1.08 bits per heavy atom. The molecule has 0 amide bonds. The molecule has 0 spiro atoms. The van der Waals surface area contributed by atoms with Gasteiger partial charge < -0.3 is 15.1 Å². The van der Waals surface area contributed by atoms with Crippen molar-refractivity contribution in [1.82, 2.24) is 29.4 Å². The van der Waals surface area contributed by atoms with Crippen LogP contribution in [-0.2, 0) is 6.42 Å². The molecule has 1 N–H and O–H groups in total. The Morgan fingerprint density at radius 2 is 1.88 bits per heavy atom. The van der Waals surface area contributed by atoms with Crippen LogP contribution in [0.1, 0.15) is 30.7 Å². The smallest absolute Gasteiger partial charge is 0.227 e. The van der Waals surface area contributed by atoms with Crippen molar-refractivity contribution in [2.75, 3.05) is 52.1 Å². The van der Waals surface area contributed by atoms with Gasteiger partial charge in [-0.1, -0.05) is 6.42 Å². The fourth-order valence-electron chi connectivity index (χ4n) is 3.27. The molecule has 1 fully saturated rings. The monoisotopic (exact) mass is 331 g/mol. The van der Waals surface area contributed by atoms with Crippen LogP contribution in [0.25, 0.3) is 5.65 Å². The molecule has 1 aliphatic rings. The molecule has 0 aliphatic carbocycles. The number of piperazine rings is 1. The Hall–Kier alpha value is -1.73. The Bertz CT molecular complexity index is 658. The van der Waals surface area contributed by atoms with Crippen LogP contribution < -0.4 is 5.32 Å². The number of anilines is 1. The van der Waals surface area contributed by atoms with E-state index in [2.05, 4.69) is 37.2 Å². The van der Waals surface area contributed by atoms with Crippen LogP contribution in [0, 0.1) is 6.92 Å². The number of aromatic nitrogens is 4.